The zero-order chi connectivity index (χ0) is 13.1. The maximum atomic E-state index is 11.3. The number of hydrogen-bond donors (Lipinski definition) is 2. The van der Waals surface area contributed by atoms with Crippen molar-refractivity contribution in [1.82, 2.24) is 15.5 Å². The fourth-order valence-corrected chi connectivity index (χ4v) is 0.887. The second kappa shape index (κ2) is 4.81. The van der Waals surface area contributed by atoms with Crippen molar-refractivity contribution in [1.29, 1.82) is 0 Å². The molecule has 1 rings (SSSR count). The lowest BCUT2D eigenvalue weighted by molar-refractivity contribution is 0.0519. The van der Waals surface area contributed by atoms with E-state index >= 15 is 0 Å². The van der Waals surface area contributed by atoms with E-state index in [1.54, 1.807) is 20.8 Å². The molecule has 0 unspecified atom stereocenters. The molecule has 0 atom stereocenters. The lowest BCUT2D eigenvalue weighted by Gasteiger charge is -2.19. The summed E-state index contributed by atoms with van der Waals surface area (Å²) in [5, 5.41) is 9.30. The van der Waals surface area contributed by atoms with Crippen molar-refractivity contribution in [3.63, 3.8) is 0 Å². The van der Waals surface area contributed by atoms with Gasteiger partial charge in [-0.15, -0.1) is 10.2 Å². The maximum absolute atomic E-state index is 11.3. The molecule has 0 saturated heterocycles. The van der Waals surface area contributed by atoms with Gasteiger partial charge in [0.25, 0.3) is 0 Å². The van der Waals surface area contributed by atoms with Crippen LogP contribution < -0.4 is 11.1 Å². The van der Waals surface area contributed by atoms with E-state index in [1.807, 2.05) is 0 Å². The van der Waals surface area contributed by atoms with Crippen LogP contribution in [0, 0.1) is 0 Å². The molecule has 0 spiro atoms. The molecule has 0 aliphatic carbocycles. The first kappa shape index (κ1) is 12.9. The summed E-state index contributed by atoms with van der Waals surface area (Å²) in [5.41, 5.74) is 4.33. The molecule has 0 fully saturated rings. The van der Waals surface area contributed by atoms with E-state index in [-0.39, 0.29) is 18.3 Å². The number of carbonyl (C=O) groups excluding carboxylic acids is 2. The average molecular weight is 242 g/mol. The van der Waals surface area contributed by atoms with Crippen LogP contribution in [0.25, 0.3) is 0 Å². The van der Waals surface area contributed by atoms with Gasteiger partial charge in [-0.2, -0.15) is 0 Å². The average Bonchev–Trinajstić information content (AvgIpc) is 2.60. The molecule has 1 aromatic heterocycles. The molecule has 0 bridgehead atoms. The number of alkyl carbamates (subject to hydrolysis) is 1. The van der Waals surface area contributed by atoms with E-state index in [9.17, 15) is 9.59 Å². The van der Waals surface area contributed by atoms with Gasteiger partial charge >= 0.3 is 17.9 Å². The third-order valence-electron chi connectivity index (χ3n) is 1.46. The minimum Gasteiger partial charge on any atom is -0.444 e. The maximum Gasteiger partial charge on any atom is 0.408 e. The molecule has 0 saturated carbocycles. The Bertz CT molecular complexity index is 421. The Labute approximate surface area is 97.5 Å². The van der Waals surface area contributed by atoms with Crippen LogP contribution in [0.15, 0.2) is 4.42 Å². The van der Waals surface area contributed by atoms with Gasteiger partial charge < -0.3 is 20.2 Å². The number of aromatic nitrogens is 2. The number of ether oxygens (including phenoxy) is 1. The molecule has 0 aliphatic heterocycles. The van der Waals surface area contributed by atoms with Crippen molar-refractivity contribution in [2.45, 2.75) is 32.9 Å². The second-order valence-corrected chi connectivity index (χ2v) is 4.22. The summed E-state index contributed by atoms with van der Waals surface area (Å²) in [4.78, 5) is 21.9. The predicted octanol–water partition coefficient (Wildman–Crippen LogP) is 0.193. The molecule has 17 heavy (non-hydrogen) atoms. The Morgan fingerprint density at radius 1 is 1.41 bits per heavy atom. The molecule has 94 valence electrons. The van der Waals surface area contributed by atoms with Crippen LogP contribution in [0.2, 0.25) is 0 Å². The summed E-state index contributed by atoms with van der Waals surface area (Å²) in [5.74, 6) is -1.04. The number of rotatable bonds is 3. The summed E-state index contributed by atoms with van der Waals surface area (Å²) < 4.78 is 9.84. The van der Waals surface area contributed by atoms with Crippen LogP contribution in [-0.2, 0) is 11.3 Å². The number of nitrogens with two attached hydrogens (primary N) is 1. The van der Waals surface area contributed by atoms with Crippen LogP contribution in [0.3, 0.4) is 0 Å². The minimum absolute atomic E-state index is 0.0325. The molecule has 0 aliphatic rings. The normalized spacial score (nSPS) is 11.0. The van der Waals surface area contributed by atoms with Gasteiger partial charge in [-0.1, -0.05) is 0 Å². The summed E-state index contributed by atoms with van der Waals surface area (Å²) in [6.07, 6.45) is -0.615. The standard InChI is InChI=1S/C9H14N4O4/c1-9(2,3)17-8(15)11-4-5-12-13-7(16-5)6(10)14/h4H2,1-3H3,(H2,10,14)(H,11,15). The Balaban J connectivity index is 2.45. The van der Waals surface area contributed by atoms with Gasteiger partial charge in [0, 0.05) is 0 Å². The Morgan fingerprint density at radius 3 is 2.53 bits per heavy atom. The van der Waals surface area contributed by atoms with Crippen molar-refractivity contribution in [2.24, 2.45) is 5.73 Å². The topological polar surface area (TPSA) is 120 Å². The van der Waals surface area contributed by atoms with E-state index in [1.165, 1.54) is 0 Å². The minimum atomic E-state index is -0.819. The SMILES string of the molecule is CC(C)(C)OC(=O)NCc1nnc(C(N)=O)o1. The number of amides is 2. The van der Waals surface area contributed by atoms with E-state index in [0.29, 0.717) is 0 Å². The van der Waals surface area contributed by atoms with Crippen molar-refractivity contribution in [3.8, 4) is 0 Å². The first-order chi connectivity index (χ1) is 7.78. The molecule has 0 aromatic carbocycles. The summed E-state index contributed by atoms with van der Waals surface area (Å²) in [6, 6.07) is 0. The van der Waals surface area contributed by atoms with Gasteiger partial charge in [-0.05, 0) is 20.8 Å². The predicted molar refractivity (Wildman–Crippen MR) is 55.9 cm³/mol. The molecular weight excluding hydrogens is 228 g/mol. The molecule has 3 N–H and O–H groups in total. The fraction of sp³-hybridized carbons (Fsp3) is 0.556. The second-order valence-electron chi connectivity index (χ2n) is 4.22. The van der Waals surface area contributed by atoms with E-state index in [0.717, 1.165) is 0 Å². The number of hydrogen-bond acceptors (Lipinski definition) is 6. The Kier molecular flexibility index (Phi) is 3.66. The third-order valence-corrected chi connectivity index (χ3v) is 1.46. The molecule has 2 amide bonds. The summed E-state index contributed by atoms with van der Waals surface area (Å²) in [7, 11) is 0. The van der Waals surface area contributed by atoms with Crippen LogP contribution in [0.4, 0.5) is 4.79 Å². The van der Waals surface area contributed by atoms with Gasteiger partial charge in [0.05, 0.1) is 6.54 Å². The number of nitrogens with zero attached hydrogens (tertiary/aromatic N) is 2. The molecule has 1 heterocycles. The molecule has 0 radical (unpaired) electrons. The highest BCUT2D eigenvalue weighted by atomic mass is 16.6. The molecular formula is C9H14N4O4. The largest absolute Gasteiger partial charge is 0.444 e. The highest BCUT2D eigenvalue weighted by Gasteiger charge is 2.17. The van der Waals surface area contributed by atoms with Crippen LogP contribution >= 0.6 is 0 Å². The molecule has 8 heteroatoms. The first-order valence-electron chi connectivity index (χ1n) is 4.87. The van der Waals surface area contributed by atoms with Crippen molar-refractivity contribution in [3.05, 3.63) is 11.8 Å². The highest BCUT2D eigenvalue weighted by molar-refractivity contribution is 5.87. The van der Waals surface area contributed by atoms with E-state index < -0.39 is 17.6 Å². The zero-order valence-corrected chi connectivity index (χ0v) is 9.81. The van der Waals surface area contributed by atoms with Crippen molar-refractivity contribution < 1.29 is 18.7 Å². The van der Waals surface area contributed by atoms with Gasteiger partial charge in [0.2, 0.25) is 5.89 Å². The zero-order valence-electron chi connectivity index (χ0n) is 9.81. The van der Waals surface area contributed by atoms with E-state index in [2.05, 4.69) is 15.5 Å². The third kappa shape index (κ3) is 4.49. The first-order valence-corrected chi connectivity index (χ1v) is 4.87. The van der Waals surface area contributed by atoms with E-state index in [4.69, 9.17) is 14.9 Å². The van der Waals surface area contributed by atoms with Crippen LogP contribution in [0.5, 0.6) is 0 Å². The Hall–Kier alpha value is -2.12. The fourth-order valence-electron chi connectivity index (χ4n) is 0.887. The van der Waals surface area contributed by atoms with Crippen molar-refractivity contribution >= 4 is 12.0 Å². The van der Waals surface area contributed by atoms with Crippen LogP contribution in [0.1, 0.15) is 37.3 Å². The highest BCUT2D eigenvalue weighted by Crippen LogP contribution is 2.06. The monoisotopic (exact) mass is 242 g/mol. The van der Waals surface area contributed by atoms with Crippen molar-refractivity contribution in [2.75, 3.05) is 0 Å². The Morgan fingerprint density at radius 2 is 2.06 bits per heavy atom. The number of nitrogens with one attached hydrogen (secondary N) is 1. The van der Waals surface area contributed by atoms with Gasteiger partial charge in [0.1, 0.15) is 5.60 Å². The number of carbonyl (C=O) groups is 2. The van der Waals surface area contributed by atoms with Gasteiger partial charge in [-0.25, -0.2) is 4.79 Å². The smallest absolute Gasteiger partial charge is 0.408 e. The molecule has 1 aromatic rings. The quantitative estimate of drug-likeness (QED) is 0.780. The summed E-state index contributed by atoms with van der Waals surface area (Å²) in [6.45, 7) is 5.19. The number of primary amides is 1. The van der Waals surface area contributed by atoms with Crippen LogP contribution in [-0.4, -0.2) is 27.8 Å². The summed E-state index contributed by atoms with van der Waals surface area (Å²) >= 11 is 0. The van der Waals surface area contributed by atoms with Gasteiger partial charge in [-0.3, -0.25) is 4.79 Å². The lowest BCUT2D eigenvalue weighted by atomic mass is 10.2. The lowest BCUT2D eigenvalue weighted by Crippen LogP contribution is -2.32. The molecule has 8 nitrogen and oxygen atoms in total. The van der Waals surface area contributed by atoms with Gasteiger partial charge in [0.15, 0.2) is 0 Å².